The van der Waals surface area contributed by atoms with Gasteiger partial charge in [0, 0.05) is 50.4 Å². The number of likely N-dealkylation sites (tertiary alicyclic amines) is 1. The molecule has 2 aromatic carbocycles. The van der Waals surface area contributed by atoms with Crippen molar-refractivity contribution >= 4 is 41.9 Å². The summed E-state index contributed by atoms with van der Waals surface area (Å²) in [6, 6.07) is 7.60. The van der Waals surface area contributed by atoms with E-state index in [0.29, 0.717) is 42.8 Å². The Morgan fingerprint density at radius 2 is 1.73 bits per heavy atom. The number of aromatic nitrogens is 2. The number of nitrogens with zero attached hydrogens (tertiary/aromatic N) is 3. The van der Waals surface area contributed by atoms with Crippen molar-refractivity contribution in [3.63, 3.8) is 0 Å². The number of anilines is 1. The molecule has 2 aliphatic rings. The molecule has 0 aliphatic carbocycles. The zero-order valence-corrected chi connectivity index (χ0v) is 27.5. The van der Waals surface area contributed by atoms with Crippen LogP contribution in [0.4, 0.5) is 23.2 Å². The highest BCUT2D eigenvalue weighted by Crippen LogP contribution is 2.31. The van der Waals surface area contributed by atoms with Crippen LogP contribution in [0.1, 0.15) is 46.7 Å². The lowest BCUT2D eigenvalue weighted by atomic mass is 9.94. The van der Waals surface area contributed by atoms with Gasteiger partial charge in [-0.25, -0.2) is 9.37 Å². The number of hydrogen-bond acceptors (Lipinski definition) is 8. The van der Waals surface area contributed by atoms with Gasteiger partial charge in [-0.1, -0.05) is 11.6 Å². The first-order valence-corrected chi connectivity index (χ1v) is 15.6. The third-order valence-electron chi connectivity index (χ3n) is 8.00. The molecule has 0 spiro atoms. The second-order valence-corrected chi connectivity index (χ2v) is 11.4. The molecule has 0 atom stereocenters. The highest BCUT2D eigenvalue weighted by Gasteiger charge is 2.30. The number of carbonyl (C=O) groups excluding carboxylic acids is 3. The molecule has 0 unspecified atom stereocenters. The minimum absolute atomic E-state index is 0.00363. The first-order chi connectivity index (χ1) is 23.4. The van der Waals surface area contributed by atoms with E-state index in [4.69, 9.17) is 21.5 Å². The summed E-state index contributed by atoms with van der Waals surface area (Å²) >= 11 is 6.25. The largest absolute Gasteiger partial charge is 0.483 e. The van der Waals surface area contributed by atoms with Crippen LogP contribution >= 0.6 is 11.6 Å². The van der Waals surface area contributed by atoms with Crippen LogP contribution < -0.4 is 20.7 Å². The predicted molar refractivity (Wildman–Crippen MR) is 173 cm³/mol. The summed E-state index contributed by atoms with van der Waals surface area (Å²) in [6.07, 6.45) is 5.01. The van der Waals surface area contributed by atoms with Gasteiger partial charge in [-0.05, 0) is 69.1 Å². The first-order valence-electron chi connectivity index (χ1n) is 15.2. The number of carbonyl (C=O) groups is 4. The number of piperidine rings is 2. The van der Waals surface area contributed by atoms with E-state index in [2.05, 4.69) is 25.7 Å². The molecule has 49 heavy (non-hydrogen) atoms. The van der Waals surface area contributed by atoms with E-state index in [0.717, 1.165) is 43.8 Å². The molecule has 0 radical (unpaired) electrons. The number of nitrogens with one attached hydrogen (secondary N) is 3. The van der Waals surface area contributed by atoms with E-state index >= 15 is 0 Å². The quantitative estimate of drug-likeness (QED) is 0.194. The Kier molecular flexibility index (Phi) is 14.8. The number of benzene rings is 2. The molecule has 17 heteroatoms. The van der Waals surface area contributed by atoms with Crippen LogP contribution in [0.2, 0.25) is 5.02 Å². The molecule has 3 aromatic rings. The first kappa shape index (κ1) is 38.7. The van der Waals surface area contributed by atoms with Gasteiger partial charge in [0.1, 0.15) is 0 Å². The van der Waals surface area contributed by atoms with Gasteiger partial charge in [0.05, 0.1) is 22.5 Å². The van der Waals surface area contributed by atoms with Gasteiger partial charge < -0.3 is 35.3 Å². The summed E-state index contributed by atoms with van der Waals surface area (Å²) in [6.45, 7) is -0.399. The highest BCUT2D eigenvalue weighted by atomic mass is 35.5. The number of amides is 2. The van der Waals surface area contributed by atoms with Crippen molar-refractivity contribution in [3.8, 4) is 17.0 Å². The van der Waals surface area contributed by atoms with Gasteiger partial charge in [-0.3, -0.25) is 19.2 Å². The Morgan fingerprint density at radius 3 is 2.29 bits per heavy atom. The average molecular weight is 713 g/mol. The summed E-state index contributed by atoms with van der Waals surface area (Å²) < 4.78 is 56.6. The molecule has 4 N–H and O–H groups in total. The fraction of sp³-hybridized carbons (Fsp3) is 0.406. The van der Waals surface area contributed by atoms with E-state index in [-0.39, 0.29) is 47.3 Å². The molecular weight excluding hydrogens is 676 g/mol. The molecule has 12 nitrogen and oxygen atoms in total. The zero-order chi connectivity index (χ0) is 36.1. The van der Waals surface area contributed by atoms with Crippen LogP contribution in [-0.2, 0) is 16.6 Å². The maximum Gasteiger partial charge on any atom is 0.387 e. The Labute approximate surface area is 284 Å². The van der Waals surface area contributed by atoms with Crippen molar-refractivity contribution in [3.05, 3.63) is 64.6 Å². The van der Waals surface area contributed by atoms with Crippen LogP contribution in [0.5, 0.6) is 5.75 Å². The number of aldehydes is 1. The molecule has 3 heterocycles. The summed E-state index contributed by atoms with van der Waals surface area (Å²) in [5, 5.41) is 16.8. The van der Waals surface area contributed by atoms with Gasteiger partial charge in [0.25, 0.3) is 12.4 Å². The van der Waals surface area contributed by atoms with Crippen molar-refractivity contribution in [2.24, 2.45) is 13.0 Å². The Bertz CT molecular complexity index is 1600. The molecule has 2 aliphatic heterocycles. The Balaban J connectivity index is 0.000000253. The average Bonchev–Trinajstić information content (AvgIpc) is 3.47. The Morgan fingerprint density at radius 1 is 1.08 bits per heavy atom. The molecule has 2 saturated heterocycles. The minimum atomic E-state index is -3.26. The number of hydrogen-bond donors (Lipinski definition) is 4. The van der Waals surface area contributed by atoms with E-state index in [1.165, 1.54) is 17.8 Å². The van der Waals surface area contributed by atoms with E-state index in [9.17, 15) is 31.9 Å². The SMILES string of the molecule is CNc1ccc(C(=O)N2CCC(C(=O)NC3CCNCC3)CC2)c(Cl)c1.Cn1c(-c2ccc(OC(F)F)c(F)c2F)cnc1C=O.O=CO. The van der Waals surface area contributed by atoms with Crippen molar-refractivity contribution < 1.29 is 46.6 Å². The molecule has 5 rings (SSSR count). The summed E-state index contributed by atoms with van der Waals surface area (Å²) in [5.74, 6) is -3.68. The second kappa shape index (κ2) is 18.7. The fourth-order valence-corrected chi connectivity index (χ4v) is 5.61. The van der Waals surface area contributed by atoms with Crippen molar-refractivity contribution in [2.75, 3.05) is 38.5 Å². The lowest BCUT2D eigenvalue weighted by Crippen LogP contribution is -2.48. The second-order valence-electron chi connectivity index (χ2n) is 10.9. The van der Waals surface area contributed by atoms with Crippen molar-refractivity contribution in [1.82, 2.24) is 25.1 Å². The van der Waals surface area contributed by atoms with Crippen LogP contribution in [0.25, 0.3) is 11.3 Å². The van der Waals surface area contributed by atoms with Gasteiger partial charge in [0.15, 0.2) is 23.7 Å². The summed E-state index contributed by atoms with van der Waals surface area (Å²) in [4.78, 5) is 49.7. The highest BCUT2D eigenvalue weighted by molar-refractivity contribution is 6.34. The smallest absolute Gasteiger partial charge is 0.387 e. The molecule has 0 saturated carbocycles. The molecular formula is C32H37ClF4N6O6. The summed E-state index contributed by atoms with van der Waals surface area (Å²) in [5.41, 5.74) is 1.31. The number of carboxylic acid groups (broad SMARTS) is 1. The van der Waals surface area contributed by atoms with Crippen LogP contribution in [-0.4, -0.2) is 90.0 Å². The molecule has 0 bridgehead atoms. The monoisotopic (exact) mass is 712 g/mol. The van der Waals surface area contributed by atoms with Crippen LogP contribution in [0, 0.1) is 17.6 Å². The minimum Gasteiger partial charge on any atom is -0.483 e. The predicted octanol–water partition coefficient (Wildman–Crippen LogP) is 4.58. The van der Waals surface area contributed by atoms with Crippen LogP contribution in [0.3, 0.4) is 0 Å². The third-order valence-corrected chi connectivity index (χ3v) is 8.31. The number of imidazole rings is 1. The number of ether oxygens (including phenoxy) is 1. The van der Waals surface area contributed by atoms with Gasteiger partial charge in [-0.2, -0.15) is 13.2 Å². The van der Waals surface area contributed by atoms with E-state index < -0.39 is 24.0 Å². The van der Waals surface area contributed by atoms with Gasteiger partial charge in [0.2, 0.25) is 11.7 Å². The molecule has 1 aromatic heterocycles. The third kappa shape index (κ3) is 10.4. The number of alkyl halides is 2. The van der Waals surface area contributed by atoms with E-state index in [1.807, 2.05) is 13.1 Å². The topological polar surface area (TPSA) is 155 Å². The molecule has 266 valence electrons. The van der Waals surface area contributed by atoms with E-state index in [1.54, 1.807) is 17.0 Å². The van der Waals surface area contributed by atoms with Crippen molar-refractivity contribution in [2.45, 2.75) is 38.3 Å². The zero-order valence-electron chi connectivity index (χ0n) is 26.7. The summed E-state index contributed by atoms with van der Waals surface area (Å²) in [7, 11) is 3.25. The lowest BCUT2D eigenvalue weighted by molar-refractivity contribution is -0.127. The van der Waals surface area contributed by atoms with Crippen LogP contribution in [0.15, 0.2) is 36.5 Å². The normalized spacial score (nSPS) is 14.9. The maximum atomic E-state index is 13.9. The Hall–Kier alpha value is -4.70. The number of halogens is 5. The number of rotatable bonds is 8. The van der Waals surface area contributed by atoms with Gasteiger partial charge in [-0.15, -0.1) is 0 Å². The molecule has 2 amide bonds. The lowest BCUT2D eigenvalue weighted by Gasteiger charge is -2.33. The molecule has 2 fully saturated rings. The van der Waals surface area contributed by atoms with Gasteiger partial charge >= 0.3 is 6.61 Å². The fourth-order valence-electron chi connectivity index (χ4n) is 5.34. The standard InChI is InChI=1S/C19H27ClN4O2.C12H8F4N2O2.CH2O2/c1-21-15-2-3-16(17(20)12-15)19(26)24-10-6-13(7-11-24)18(25)23-14-4-8-22-9-5-14;1-18-7(4-17-9(18)5-19)6-2-3-8(20-12(15)16)11(14)10(6)13;2-1-3/h2-3,12-14,21-22H,4-11H2,1H3,(H,23,25);2-5,12H,1H3;1H,(H,2,3). The maximum absolute atomic E-state index is 13.9. The van der Waals surface area contributed by atoms with Crippen molar-refractivity contribution in [1.29, 1.82) is 0 Å².